The lowest BCUT2D eigenvalue weighted by Gasteiger charge is -2.34. The highest BCUT2D eigenvalue weighted by atomic mass is 19.4. The van der Waals surface area contributed by atoms with Crippen LogP contribution in [0.3, 0.4) is 0 Å². The van der Waals surface area contributed by atoms with E-state index in [1.165, 1.54) is 51.7 Å². The Bertz CT molecular complexity index is 996. The molecule has 0 heterocycles. The van der Waals surface area contributed by atoms with Crippen molar-refractivity contribution in [3.05, 3.63) is 53.6 Å². The molecule has 0 saturated carbocycles. The number of hydroxylamine groups is 2. The average Bonchev–Trinajstić information content (AvgIpc) is 2.81. The summed E-state index contributed by atoms with van der Waals surface area (Å²) < 4.78 is 56.8. The van der Waals surface area contributed by atoms with Crippen molar-refractivity contribution in [2.75, 3.05) is 27.9 Å². The second kappa shape index (κ2) is 10.4. The Labute approximate surface area is 188 Å². The number of benzene rings is 2. The van der Waals surface area contributed by atoms with Crippen molar-refractivity contribution in [3.63, 3.8) is 0 Å². The summed E-state index contributed by atoms with van der Waals surface area (Å²) in [5.74, 6) is -2.52. The van der Waals surface area contributed by atoms with Crippen molar-refractivity contribution in [1.29, 1.82) is 0 Å². The minimum atomic E-state index is -5.38. The van der Waals surface area contributed by atoms with Crippen LogP contribution in [0, 0.1) is 0 Å². The summed E-state index contributed by atoms with van der Waals surface area (Å²) in [5, 5.41) is 11.1. The minimum Gasteiger partial charge on any atom is -0.497 e. The smallest absolute Gasteiger partial charge is 0.430 e. The number of amides is 1. The van der Waals surface area contributed by atoms with E-state index >= 15 is 0 Å². The van der Waals surface area contributed by atoms with Gasteiger partial charge >= 0.3 is 18.1 Å². The summed E-state index contributed by atoms with van der Waals surface area (Å²) in [6.45, 7) is 1.34. The fraction of sp³-hybridized carbons (Fsp3) is 0.364. The number of rotatable bonds is 9. The van der Waals surface area contributed by atoms with Gasteiger partial charge in [-0.2, -0.15) is 18.2 Å². The Hall–Kier alpha value is -3.47. The molecule has 0 aliphatic carbocycles. The number of carbonyl (C=O) groups excluding carboxylic acids is 2. The van der Waals surface area contributed by atoms with E-state index < -0.39 is 29.2 Å². The topological polar surface area (TPSA) is 94.5 Å². The monoisotopic (exact) mass is 471 g/mol. The van der Waals surface area contributed by atoms with Crippen LogP contribution in [0.25, 0.3) is 0 Å². The van der Waals surface area contributed by atoms with Crippen molar-refractivity contribution in [3.8, 4) is 17.2 Å². The van der Waals surface area contributed by atoms with Crippen molar-refractivity contribution >= 4 is 11.9 Å². The molecule has 180 valence electrons. The van der Waals surface area contributed by atoms with E-state index in [0.717, 1.165) is 12.1 Å². The van der Waals surface area contributed by atoms with E-state index in [9.17, 15) is 27.9 Å². The third-order valence-corrected chi connectivity index (χ3v) is 4.65. The molecule has 0 spiro atoms. The van der Waals surface area contributed by atoms with Crippen LogP contribution in [0.4, 0.5) is 13.2 Å². The van der Waals surface area contributed by atoms with Crippen molar-refractivity contribution in [2.24, 2.45) is 0 Å². The molecule has 33 heavy (non-hydrogen) atoms. The van der Waals surface area contributed by atoms with Crippen LogP contribution in [0.1, 0.15) is 29.3 Å². The Morgan fingerprint density at radius 3 is 2.24 bits per heavy atom. The first-order valence-electron chi connectivity index (χ1n) is 9.73. The largest absolute Gasteiger partial charge is 0.497 e. The van der Waals surface area contributed by atoms with E-state index in [1.807, 2.05) is 0 Å². The van der Waals surface area contributed by atoms with Crippen LogP contribution in [-0.2, 0) is 15.1 Å². The quantitative estimate of drug-likeness (QED) is 0.442. The maximum absolute atomic E-state index is 14.0. The zero-order valence-electron chi connectivity index (χ0n) is 18.4. The summed E-state index contributed by atoms with van der Waals surface area (Å²) in [6.07, 6.45) is -5.16. The lowest BCUT2D eigenvalue weighted by Crippen LogP contribution is -2.56. The predicted molar refractivity (Wildman–Crippen MR) is 110 cm³/mol. The van der Waals surface area contributed by atoms with E-state index in [4.69, 9.17) is 14.3 Å². The number of nitrogens with zero attached hydrogens (tertiary/aromatic N) is 1. The Kier molecular flexibility index (Phi) is 8.15. The number of carbonyl (C=O) groups is 2. The number of esters is 1. The molecule has 2 rings (SSSR count). The number of alkyl halides is 3. The first-order valence-corrected chi connectivity index (χ1v) is 9.73. The van der Waals surface area contributed by atoms with Crippen molar-refractivity contribution < 1.29 is 46.9 Å². The number of aliphatic hydroxyl groups is 1. The molecule has 11 heteroatoms. The van der Waals surface area contributed by atoms with Gasteiger partial charge in [0.2, 0.25) is 0 Å². The maximum Gasteiger partial charge on any atom is 0.430 e. The molecule has 2 aromatic carbocycles. The summed E-state index contributed by atoms with van der Waals surface area (Å²) in [5.41, 5.74) is -4.60. The Morgan fingerprint density at radius 1 is 1.00 bits per heavy atom. The van der Waals surface area contributed by atoms with Crippen LogP contribution in [-0.4, -0.2) is 56.1 Å². The molecule has 0 aliphatic rings. The SMILES string of the molecule is CCCN(Oc1ccc(C(=O)OC)c(OC)c1)C(=O)C(O)(c1cccc(OC)c1)C(F)(F)F. The van der Waals surface area contributed by atoms with E-state index in [0.29, 0.717) is 5.06 Å². The summed E-state index contributed by atoms with van der Waals surface area (Å²) in [6, 6.07) is 8.21. The van der Waals surface area contributed by atoms with Gasteiger partial charge in [0.1, 0.15) is 17.1 Å². The number of hydrogen-bond acceptors (Lipinski definition) is 7. The molecule has 1 amide bonds. The second-order valence-corrected chi connectivity index (χ2v) is 6.79. The molecule has 0 bridgehead atoms. The van der Waals surface area contributed by atoms with Crippen LogP contribution in [0.15, 0.2) is 42.5 Å². The molecule has 1 N–H and O–H groups in total. The van der Waals surface area contributed by atoms with Gasteiger partial charge in [0, 0.05) is 11.6 Å². The highest BCUT2D eigenvalue weighted by Gasteiger charge is 2.62. The molecule has 0 fully saturated rings. The third-order valence-electron chi connectivity index (χ3n) is 4.65. The molecule has 8 nitrogen and oxygen atoms in total. The predicted octanol–water partition coefficient (Wildman–Crippen LogP) is 3.47. The van der Waals surface area contributed by atoms with E-state index in [-0.39, 0.29) is 35.8 Å². The van der Waals surface area contributed by atoms with Crippen molar-refractivity contribution in [1.82, 2.24) is 5.06 Å². The lowest BCUT2D eigenvalue weighted by molar-refractivity contribution is -0.270. The summed E-state index contributed by atoms with van der Waals surface area (Å²) in [4.78, 5) is 30.3. The second-order valence-electron chi connectivity index (χ2n) is 6.79. The van der Waals surface area contributed by atoms with Crippen LogP contribution >= 0.6 is 0 Å². The Balaban J connectivity index is 2.49. The number of hydrogen-bond donors (Lipinski definition) is 1. The molecule has 0 saturated heterocycles. The molecule has 0 radical (unpaired) electrons. The molecule has 0 aromatic heterocycles. The normalized spacial score (nSPS) is 13.0. The van der Waals surface area contributed by atoms with E-state index in [1.54, 1.807) is 6.92 Å². The van der Waals surface area contributed by atoms with Gasteiger partial charge < -0.3 is 24.2 Å². The zero-order valence-corrected chi connectivity index (χ0v) is 18.4. The van der Waals surface area contributed by atoms with Gasteiger partial charge in [-0.3, -0.25) is 4.79 Å². The van der Waals surface area contributed by atoms with Crippen LogP contribution in [0.2, 0.25) is 0 Å². The van der Waals surface area contributed by atoms with Gasteiger partial charge in [0.05, 0.1) is 27.9 Å². The third kappa shape index (κ3) is 5.30. The van der Waals surface area contributed by atoms with Gasteiger partial charge in [-0.15, -0.1) is 0 Å². The highest BCUT2D eigenvalue weighted by molar-refractivity contribution is 5.92. The average molecular weight is 471 g/mol. The van der Waals surface area contributed by atoms with Crippen LogP contribution < -0.4 is 14.3 Å². The van der Waals surface area contributed by atoms with Crippen molar-refractivity contribution in [2.45, 2.75) is 25.1 Å². The van der Waals surface area contributed by atoms with E-state index in [2.05, 4.69) is 4.74 Å². The molecular formula is C22H24F3NO7. The van der Waals surface area contributed by atoms with Gasteiger partial charge in [-0.25, -0.2) is 4.79 Å². The van der Waals surface area contributed by atoms with Gasteiger partial charge in [0.15, 0.2) is 5.75 Å². The first kappa shape index (κ1) is 25.8. The Morgan fingerprint density at radius 2 is 1.70 bits per heavy atom. The summed E-state index contributed by atoms with van der Waals surface area (Å²) in [7, 11) is 3.68. The lowest BCUT2D eigenvalue weighted by atomic mass is 9.91. The number of halogens is 3. The molecular weight excluding hydrogens is 447 g/mol. The van der Waals surface area contributed by atoms with Gasteiger partial charge in [0.25, 0.3) is 5.60 Å². The fourth-order valence-electron chi connectivity index (χ4n) is 2.96. The maximum atomic E-state index is 14.0. The standard InChI is InChI=1S/C22H24F3NO7/c1-5-11-26(33-16-9-10-17(19(27)32-4)18(13-16)31-3)20(28)21(29,22(23,24)25)14-7-6-8-15(12-14)30-2/h6-10,12-13,29H,5,11H2,1-4H3. The number of methoxy groups -OCH3 is 3. The molecule has 1 unspecified atom stereocenters. The zero-order chi connectivity index (χ0) is 24.8. The molecule has 2 aromatic rings. The fourth-order valence-corrected chi connectivity index (χ4v) is 2.96. The minimum absolute atomic E-state index is 0.0159. The first-order chi connectivity index (χ1) is 15.5. The van der Waals surface area contributed by atoms with Crippen LogP contribution in [0.5, 0.6) is 17.2 Å². The highest BCUT2D eigenvalue weighted by Crippen LogP contribution is 2.41. The molecule has 0 aliphatic heterocycles. The number of ether oxygens (including phenoxy) is 3. The molecule has 1 atom stereocenters. The van der Waals surface area contributed by atoms with Gasteiger partial charge in [-0.1, -0.05) is 19.1 Å². The van der Waals surface area contributed by atoms with Gasteiger partial charge in [-0.05, 0) is 30.7 Å². The summed E-state index contributed by atoms with van der Waals surface area (Å²) >= 11 is 0.